The molecule has 2 aromatic rings. The third-order valence-corrected chi connectivity index (χ3v) is 4.88. The Balaban J connectivity index is 1.48. The molecule has 2 N–H and O–H groups in total. The van der Waals surface area contributed by atoms with E-state index in [2.05, 4.69) is 32.5 Å². The van der Waals surface area contributed by atoms with Crippen LogP contribution < -0.4 is 15.5 Å². The van der Waals surface area contributed by atoms with Gasteiger partial charge in [0.05, 0.1) is 6.04 Å². The topological polar surface area (TPSA) is 60.5 Å². The summed E-state index contributed by atoms with van der Waals surface area (Å²) >= 11 is 0. The zero-order valence-corrected chi connectivity index (χ0v) is 16.1. The first-order chi connectivity index (χ1) is 13.4. The van der Waals surface area contributed by atoms with Crippen LogP contribution in [-0.2, 0) is 6.54 Å². The van der Waals surface area contributed by atoms with Crippen LogP contribution in [0.3, 0.4) is 0 Å². The SMILES string of the molecule is CC(NC(=O)NCc1ccc(N2CCN(C)CC2)nc1)c1ccc(F)c(F)c1. The lowest BCUT2D eigenvalue weighted by Crippen LogP contribution is -2.44. The standard InChI is InChI=1S/C20H25F2N5O/c1-14(16-4-5-17(21)18(22)11-16)25-20(28)24-13-15-3-6-19(23-12-15)27-9-7-26(2)8-10-27/h3-6,11-12,14H,7-10,13H2,1-2H3,(H2,24,25,28). The Hall–Kier alpha value is -2.74. The molecule has 1 aromatic heterocycles. The van der Waals surface area contributed by atoms with Gasteiger partial charge in [-0.05, 0) is 43.3 Å². The molecule has 1 atom stereocenters. The van der Waals surface area contributed by atoms with Crippen molar-refractivity contribution in [1.82, 2.24) is 20.5 Å². The minimum atomic E-state index is -0.932. The van der Waals surface area contributed by atoms with Gasteiger partial charge in [0.2, 0.25) is 0 Å². The minimum absolute atomic E-state index is 0.326. The molecule has 1 aliphatic rings. The summed E-state index contributed by atoms with van der Waals surface area (Å²) in [6.45, 7) is 5.96. The lowest BCUT2D eigenvalue weighted by molar-refractivity contribution is 0.237. The summed E-state index contributed by atoms with van der Waals surface area (Å²) in [4.78, 5) is 21.1. The average molecular weight is 389 g/mol. The predicted molar refractivity (Wildman–Crippen MR) is 104 cm³/mol. The molecular formula is C20H25F2N5O. The van der Waals surface area contributed by atoms with Crippen LogP contribution in [-0.4, -0.2) is 49.1 Å². The molecule has 1 aliphatic heterocycles. The number of halogens is 2. The Morgan fingerprint density at radius 2 is 1.89 bits per heavy atom. The van der Waals surface area contributed by atoms with Gasteiger partial charge in [0.15, 0.2) is 11.6 Å². The van der Waals surface area contributed by atoms with E-state index in [-0.39, 0.29) is 6.03 Å². The highest BCUT2D eigenvalue weighted by atomic mass is 19.2. The number of piperazine rings is 1. The Bertz CT molecular complexity index is 807. The van der Waals surface area contributed by atoms with Crippen LogP contribution in [0.4, 0.5) is 19.4 Å². The zero-order chi connectivity index (χ0) is 20.1. The number of pyridine rings is 1. The smallest absolute Gasteiger partial charge is 0.315 e. The fourth-order valence-corrected chi connectivity index (χ4v) is 3.04. The van der Waals surface area contributed by atoms with E-state index in [1.54, 1.807) is 13.1 Å². The van der Waals surface area contributed by atoms with E-state index >= 15 is 0 Å². The number of aromatic nitrogens is 1. The quantitative estimate of drug-likeness (QED) is 0.826. The summed E-state index contributed by atoms with van der Waals surface area (Å²) in [7, 11) is 2.11. The summed E-state index contributed by atoms with van der Waals surface area (Å²) in [6, 6.07) is 6.65. The predicted octanol–water partition coefficient (Wildman–Crippen LogP) is 2.67. The number of benzene rings is 1. The number of nitrogens with zero attached hydrogens (tertiary/aromatic N) is 3. The number of urea groups is 1. The highest BCUT2D eigenvalue weighted by Crippen LogP contribution is 2.16. The summed E-state index contributed by atoms with van der Waals surface area (Å²) in [5.41, 5.74) is 1.38. The molecule has 0 spiro atoms. The molecule has 3 rings (SSSR count). The second kappa shape index (κ2) is 8.97. The van der Waals surface area contributed by atoms with Gasteiger partial charge in [-0.25, -0.2) is 18.6 Å². The number of amides is 2. The fourth-order valence-electron chi connectivity index (χ4n) is 3.04. The fraction of sp³-hybridized carbons (Fsp3) is 0.400. The second-order valence-electron chi connectivity index (χ2n) is 7.04. The van der Waals surface area contributed by atoms with Crippen molar-refractivity contribution in [3.63, 3.8) is 0 Å². The number of likely N-dealkylation sites (N-methyl/N-ethyl adjacent to an activating group) is 1. The van der Waals surface area contributed by atoms with E-state index in [1.165, 1.54) is 6.07 Å². The van der Waals surface area contributed by atoms with Crippen LogP contribution in [0.5, 0.6) is 0 Å². The molecule has 0 aliphatic carbocycles. The van der Waals surface area contributed by atoms with E-state index in [0.717, 1.165) is 49.7 Å². The number of anilines is 1. The van der Waals surface area contributed by atoms with Gasteiger partial charge in [0.1, 0.15) is 5.82 Å². The molecule has 2 amide bonds. The third kappa shape index (κ3) is 5.16. The van der Waals surface area contributed by atoms with Crippen molar-refractivity contribution in [3.05, 3.63) is 59.3 Å². The first kappa shape index (κ1) is 20.0. The van der Waals surface area contributed by atoms with Crippen molar-refractivity contribution < 1.29 is 13.6 Å². The van der Waals surface area contributed by atoms with Crippen molar-refractivity contribution in [2.45, 2.75) is 19.5 Å². The molecule has 0 bridgehead atoms. The van der Waals surface area contributed by atoms with Crippen LogP contribution in [0.2, 0.25) is 0 Å². The highest BCUT2D eigenvalue weighted by Gasteiger charge is 2.15. The van der Waals surface area contributed by atoms with Crippen LogP contribution in [0.15, 0.2) is 36.5 Å². The Kier molecular flexibility index (Phi) is 6.41. The minimum Gasteiger partial charge on any atom is -0.354 e. The Morgan fingerprint density at radius 1 is 1.14 bits per heavy atom. The molecule has 6 nitrogen and oxygen atoms in total. The first-order valence-corrected chi connectivity index (χ1v) is 9.30. The molecule has 28 heavy (non-hydrogen) atoms. The number of carbonyl (C=O) groups excluding carboxylic acids is 1. The summed E-state index contributed by atoms with van der Waals surface area (Å²) in [5.74, 6) is -0.903. The Labute approximate surface area is 163 Å². The Morgan fingerprint density at radius 3 is 2.54 bits per heavy atom. The molecule has 1 fully saturated rings. The molecule has 1 aromatic carbocycles. The number of rotatable bonds is 5. The summed E-state index contributed by atoms with van der Waals surface area (Å²) in [5, 5.41) is 5.46. The average Bonchev–Trinajstić information content (AvgIpc) is 2.69. The maximum atomic E-state index is 13.3. The van der Waals surface area contributed by atoms with Crippen molar-refractivity contribution >= 4 is 11.8 Å². The van der Waals surface area contributed by atoms with E-state index in [0.29, 0.717) is 12.1 Å². The summed E-state index contributed by atoms with van der Waals surface area (Å²) in [6.07, 6.45) is 1.76. The number of hydrogen-bond donors (Lipinski definition) is 2. The lowest BCUT2D eigenvalue weighted by atomic mass is 10.1. The normalized spacial score (nSPS) is 15.9. The molecule has 8 heteroatoms. The molecule has 0 radical (unpaired) electrons. The van der Waals surface area contributed by atoms with Crippen LogP contribution in [0.25, 0.3) is 0 Å². The first-order valence-electron chi connectivity index (χ1n) is 9.30. The van der Waals surface area contributed by atoms with Gasteiger partial charge in [-0.2, -0.15) is 0 Å². The number of nitrogens with one attached hydrogen (secondary N) is 2. The van der Waals surface area contributed by atoms with Gasteiger partial charge in [0, 0.05) is 38.9 Å². The van der Waals surface area contributed by atoms with Crippen molar-refractivity contribution in [3.8, 4) is 0 Å². The zero-order valence-electron chi connectivity index (χ0n) is 16.1. The molecule has 150 valence electrons. The van der Waals surface area contributed by atoms with Crippen molar-refractivity contribution in [2.24, 2.45) is 0 Å². The van der Waals surface area contributed by atoms with Crippen molar-refractivity contribution in [1.29, 1.82) is 0 Å². The summed E-state index contributed by atoms with van der Waals surface area (Å²) < 4.78 is 26.3. The van der Waals surface area contributed by atoms with E-state index in [1.807, 2.05) is 12.1 Å². The molecule has 0 saturated carbocycles. The van der Waals surface area contributed by atoms with Crippen LogP contribution in [0, 0.1) is 11.6 Å². The third-order valence-electron chi connectivity index (χ3n) is 4.88. The maximum absolute atomic E-state index is 13.3. The van der Waals surface area contributed by atoms with Gasteiger partial charge < -0.3 is 20.4 Å². The molecule has 1 saturated heterocycles. The monoisotopic (exact) mass is 389 g/mol. The van der Waals surface area contributed by atoms with E-state index in [4.69, 9.17) is 0 Å². The molecule has 2 heterocycles. The van der Waals surface area contributed by atoms with Gasteiger partial charge in [0.25, 0.3) is 0 Å². The second-order valence-corrected chi connectivity index (χ2v) is 7.04. The van der Waals surface area contributed by atoms with Crippen LogP contribution in [0.1, 0.15) is 24.1 Å². The largest absolute Gasteiger partial charge is 0.354 e. The van der Waals surface area contributed by atoms with E-state index in [9.17, 15) is 13.6 Å². The van der Waals surface area contributed by atoms with Gasteiger partial charge >= 0.3 is 6.03 Å². The lowest BCUT2D eigenvalue weighted by Gasteiger charge is -2.33. The van der Waals surface area contributed by atoms with E-state index < -0.39 is 17.7 Å². The van der Waals surface area contributed by atoms with Gasteiger partial charge in [-0.15, -0.1) is 0 Å². The van der Waals surface area contributed by atoms with Crippen LogP contribution >= 0.6 is 0 Å². The maximum Gasteiger partial charge on any atom is 0.315 e. The molecule has 1 unspecified atom stereocenters. The number of carbonyl (C=O) groups is 1. The van der Waals surface area contributed by atoms with Crippen molar-refractivity contribution in [2.75, 3.05) is 38.1 Å². The number of hydrogen-bond acceptors (Lipinski definition) is 4. The van der Waals surface area contributed by atoms with Gasteiger partial charge in [-0.3, -0.25) is 0 Å². The van der Waals surface area contributed by atoms with Gasteiger partial charge in [-0.1, -0.05) is 12.1 Å². The molecular weight excluding hydrogens is 364 g/mol. The highest BCUT2D eigenvalue weighted by molar-refractivity contribution is 5.74.